The Kier molecular flexibility index (Phi) is 10.5. The molecule has 0 N–H and O–H groups in total. The first-order chi connectivity index (χ1) is 11.5. The lowest BCUT2D eigenvalue weighted by molar-refractivity contribution is -0.149. The van der Waals surface area contributed by atoms with E-state index in [4.69, 9.17) is 4.74 Å². The van der Waals surface area contributed by atoms with E-state index in [1.54, 1.807) is 0 Å². The molecule has 0 radical (unpaired) electrons. The lowest BCUT2D eigenvalue weighted by atomic mass is 9.87. The molecule has 1 unspecified atom stereocenters. The molecule has 0 spiro atoms. The van der Waals surface area contributed by atoms with Crippen LogP contribution in [0, 0.1) is 5.92 Å². The Bertz CT molecular complexity index is 464. The monoisotopic (exact) mass is 332 g/mol. The standard InChI is InChI=1S/C22H36O2/c1-5-6-16-24-22(23)21-15-9-14-20(17-21)13-8-12-19(4)11-7-10-18(2)3/h10,12,14,21H,5-9,11,13,15-17H2,1-4H3. The van der Waals surface area contributed by atoms with E-state index in [2.05, 4.69) is 45.9 Å². The predicted octanol–water partition coefficient (Wildman–Crippen LogP) is 6.53. The third kappa shape index (κ3) is 9.10. The highest BCUT2D eigenvalue weighted by molar-refractivity contribution is 5.73. The summed E-state index contributed by atoms with van der Waals surface area (Å²) in [5.74, 6) is 0.104. The Morgan fingerprint density at radius 3 is 2.75 bits per heavy atom. The first-order valence-electron chi connectivity index (χ1n) is 9.66. The van der Waals surface area contributed by atoms with Gasteiger partial charge in [-0.15, -0.1) is 0 Å². The molecule has 2 heteroatoms. The van der Waals surface area contributed by atoms with Crippen LogP contribution in [0.4, 0.5) is 0 Å². The molecule has 0 aromatic rings. The fraction of sp³-hybridized carbons (Fsp3) is 0.682. The molecule has 0 bridgehead atoms. The van der Waals surface area contributed by atoms with Crippen LogP contribution in [0.15, 0.2) is 34.9 Å². The van der Waals surface area contributed by atoms with Crippen molar-refractivity contribution in [2.45, 2.75) is 85.5 Å². The highest BCUT2D eigenvalue weighted by Crippen LogP contribution is 2.28. The molecule has 24 heavy (non-hydrogen) atoms. The van der Waals surface area contributed by atoms with Gasteiger partial charge in [0.05, 0.1) is 12.5 Å². The number of rotatable bonds is 10. The number of allylic oxidation sites excluding steroid dienone is 6. The number of ether oxygens (including phenoxy) is 1. The predicted molar refractivity (Wildman–Crippen MR) is 103 cm³/mol. The first kappa shape index (κ1) is 20.7. The van der Waals surface area contributed by atoms with Gasteiger partial charge in [0.1, 0.15) is 0 Å². The van der Waals surface area contributed by atoms with Crippen LogP contribution in [0.25, 0.3) is 0 Å². The van der Waals surface area contributed by atoms with Crippen LogP contribution in [0.1, 0.15) is 85.5 Å². The van der Waals surface area contributed by atoms with Crippen LogP contribution in [-0.4, -0.2) is 12.6 Å². The van der Waals surface area contributed by atoms with Crippen molar-refractivity contribution in [1.29, 1.82) is 0 Å². The second-order valence-electron chi connectivity index (χ2n) is 7.27. The summed E-state index contributed by atoms with van der Waals surface area (Å²) in [6, 6.07) is 0. The summed E-state index contributed by atoms with van der Waals surface area (Å²) in [5.41, 5.74) is 4.30. The van der Waals surface area contributed by atoms with E-state index in [1.807, 2.05) is 0 Å². The number of carbonyl (C=O) groups is 1. The van der Waals surface area contributed by atoms with E-state index in [-0.39, 0.29) is 11.9 Å². The van der Waals surface area contributed by atoms with Gasteiger partial charge in [-0.2, -0.15) is 0 Å². The zero-order valence-electron chi connectivity index (χ0n) is 16.2. The zero-order chi connectivity index (χ0) is 17.8. The highest BCUT2D eigenvalue weighted by Gasteiger charge is 2.23. The largest absolute Gasteiger partial charge is 0.465 e. The van der Waals surface area contributed by atoms with Gasteiger partial charge in [-0.25, -0.2) is 0 Å². The van der Waals surface area contributed by atoms with Crippen LogP contribution in [0.5, 0.6) is 0 Å². The Morgan fingerprint density at radius 1 is 1.25 bits per heavy atom. The van der Waals surface area contributed by atoms with E-state index in [9.17, 15) is 4.79 Å². The van der Waals surface area contributed by atoms with Crippen molar-refractivity contribution in [3.63, 3.8) is 0 Å². The molecular formula is C22H36O2. The van der Waals surface area contributed by atoms with Crippen molar-refractivity contribution >= 4 is 5.97 Å². The smallest absolute Gasteiger partial charge is 0.309 e. The van der Waals surface area contributed by atoms with Gasteiger partial charge in [0, 0.05) is 0 Å². The average molecular weight is 333 g/mol. The maximum Gasteiger partial charge on any atom is 0.309 e. The van der Waals surface area contributed by atoms with Gasteiger partial charge in [-0.1, -0.05) is 48.3 Å². The summed E-state index contributed by atoms with van der Waals surface area (Å²) in [6.07, 6.45) is 16.4. The molecule has 0 aromatic heterocycles. The Hall–Kier alpha value is -1.31. The van der Waals surface area contributed by atoms with Crippen molar-refractivity contribution in [2.75, 3.05) is 6.61 Å². The fourth-order valence-electron chi connectivity index (χ4n) is 3.03. The van der Waals surface area contributed by atoms with Crippen molar-refractivity contribution in [3.8, 4) is 0 Å². The number of hydrogen-bond acceptors (Lipinski definition) is 2. The van der Waals surface area contributed by atoms with Crippen molar-refractivity contribution in [1.82, 2.24) is 0 Å². The molecule has 0 aromatic carbocycles. The van der Waals surface area contributed by atoms with Gasteiger partial charge in [0.25, 0.3) is 0 Å². The molecule has 1 rings (SSSR count). The van der Waals surface area contributed by atoms with Crippen LogP contribution in [0.2, 0.25) is 0 Å². The minimum absolute atomic E-state index is 0.0162. The third-order valence-electron chi connectivity index (χ3n) is 4.58. The van der Waals surface area contributed by atoms with E-state index in [0.29, 0.717) is 6.61 Å². The number of hydrogen-bond donors (Lipinski definition) is 0. The van der Waals surface area contributed by atoms with Gasteiger partial charge >= 0.3 is 5.97 Å². The molecular weight excluding hydrogens is 296 g/mol. The van der Waals surface area contributed by atoms with E-state index < -0.39 is 0 Å². The topological polar surface area (TPSA) is 26.3 Å². The number of esters is 1. The number of unbranched alkanes of at least 4 members (excludes halogenated alkanes) is 1. The summed E-state index contributed by atoms with van der Waals surface area (Å²) in [7, 11) is 0. The molecule has 0 fully saturated rings. The molecule has 0 saturated heterocycles. The normalized spacial score (nSPS) is 18.1. The van der Waals surface area contributed by atoms with E-state index >= 15 is 0 Å². The number of carbonyl (C=O) groups excluding carboxylic acids is 1. The Morgan fingerprint density at radius 2 is 2.04 bits per heavy atom. The third-order valence-corrected chi connectivity index (χ3v) is 4.58. The first-order valence-corrected chi connectivity index (χ1v) is 9.66. The Balaban J connectivity index is 2.31. The molecule has 0 amide bonds. The lowest BCUT2D eigenvalue weighted by Crippen LogP contribution is -2.21. The lowest BCUT2D eigenvalue weighted by Gasteiger charge is -2.21. The SMILES string of the molecule is CCCCOC(=O)C1CCC=C(CCC=C(C)CCC=C(C)C)C1. The molecule has 0 heterocycles. The Labute approximate surface area is 149 Å². The summed E-state index contributed by atoms with van der Waals surface area (Å²) >= 11 is 0. The van der Waals surface area contributed by atoms with Crippen LogP contribution < -0.4 is 0 Å². The average Bonchev–Trinajstić information content (AvgIpc) is 2.55. The maximum absolute atomic E-state index is 12.1. The van der Waals surface area contributed by atoms with Gasteiger partial charge in [-0.05, 0) is 72.1 Å². The quantitative estimate of drug-likeness (QED) is 0.258. The second-order valence-corrected chi connectivity index (χ2v) is 7.27. The zero-order valence-corrected chi connectivity index (χ0v) is 16.2. The summed E-state index contributed by atoms with van der Waals surface area (Å²) in [6.45, 7) is 9.22. The second kappa shape index (κ2) is 12.1. The molecule has 2 nitrogen and oxygen atoms in total. The molecule has 136 valence electrons. The van der Waals surface area contributed by atoms with E-state index in [0.717, 1.165) is 57.8 Å². The van der Waals surface area contributed by atoms with Gasteiger partial charge in [0.2, 0.25) is 0 Å². The van der Waals surface area contributed by atoms with Gasteiger partial charge < -0.3 is 4.74 Å². The van der Waals surface area contributed by atoms with Gasteiger partial charge in [-0.3, -0.25) is 4.79 Å². The van der Waals surface area contributed by atoms with Crippen LogP contribution >= 0.6 is 0 Å². The van der Waals surface area contributed by atoms with Crippen LogP contribution in [0.3, 0.4) is 0 Å². The maximum atomic E-state index is 12.1. The van der Waals surface area contributed by atoms with Crippen molar-refractivity contribution in [2.24, 2.45) is 5.92 Å². The van der Waals surface area contributed by atoms with Crippen molar-refractivity contribution in [3.05, 3.63) is 34.9 Å². The highest BCUT2D eigenvalue weighted by atomic mass is 16.5. The fourth-order valence-corrected chi connectivity index (χ4v) is 3.03. The molecule has 0 aliphatic heterocycles. The molecule has 1 aliphatic carbocycles. The van der Waals surface area contributed by atoms with Crippen molar-refractivity contribution < 1.29 is 9.53 Å². The summed E-state index contributed by atoms with van der Waals surface area (Å²) < 4.78 is 5.39. The summed E-state index contributed by atoms with van der Waals surface area (Å²) in [5, 5.41) is 0. The van der Waals surface area contributed by atoms with Gasteiger partial charge in [0.15, 0.2) is 0 Å². The molecule has 1 atom stereocenters. The minimum atomic E-state index is 0.0162. The van der Waals surface area contributed by atoms with E-state index in [1.165, 1.54) is 16.7 Å². The minimum Gasteiger partial charge on any atom is -0.465 e. The molecule has 0 saturated carbocycles. The molecule has 1 aliphatic rings. The van der Waals surface area contributed by atoms with Crippen LogP contribution in [-0.2, 0) is 9.53 Å². The summed E-state index contributed by atoms with van der Waals surface area (Å²) in [4.78, 5) is 12.1.